The van der Waals surface area contributed by atoms with Crippen molar-refractivity contribution in [3.05, 3.63) is 0 Å². The minimum absolute atomic E-state index is 0.0159. The van der Waals surface area contributed by atoms with Crippen LogP contribution in [0.25, 0.3) is 0 Å². The zero-order chi connectivity index (χ0) is 72.4. The summed E-state index contributed by atoms with van der Waals surface area (Å²) in [7, 11) is 0. The van der Waals surface area contributed by atoms with E-state index in [2.05, 4.69) is 187 Å². The fraction of sp³-hybridized carbons (Fsp3) is 1.00. The number of likely N-dealkylation sites (N-methyl/N-ethyl adjacent to an activating group) is 1. The maximum Gasteiger partial charge on any atom is 0.0788 e. The van der Waals surface area contributed by atoms with Crippen molar-refractivity contribution < 1.29 is 33.9 Å². The zero-order valence-electron chi connectivity index (χ0n) is 68.9. The lowest BCUT2D eigenvalue weighted by molar-refractivity contribution is -0.0551. The van der Waals surface area contributed by atoms with Gasteiger partial charge in [0, 0.05) is 63.8 Å². The van der Waals surface area contributed by atoms with Crippen LogP contribution in [0.15, 0.2) is 0 Å². The third-order valence-corrected chi connectivity index (χ3v) is 19.6. The predicted octanol–water partition coefficient (Wildman–Crippen LogP) is 16.0. The van der Waals surface area contributed by atoms with E-state index in [1.54, 1.807) is 0 Å². The van der Waals surface area contributed by atoms with Crippen LogP contribution in [0, 0.1) is 40.4 Å². The quantitative estimate of drug-likeness (QED) is 0.0905. The Morgan fingerprint density at radius 1 is 0.316 bits per heavy atom. The van der Waals surface area contributed by atoms with E-state index < -0.39 is 0 Å². The van der Waals surface area contributed by atoms with E-state index in [0.29, 0.717) is 42.0 Å². The summed E-state index contributed by atoms with van der Waals surface area (Å²) in [6.45, 7) is 87.9. The summed E-state index contributed by atoms with van der Waals surface area (Å²) in [5.74, 6) is 4.19. The molecule has 7 fully saturated rings. The molecule has 7 heterocycles. The summed E-state index contributed by atoms with van der Waals surface area (Å²) in [5.41, 5.74) is 0.841. The SMILES string of the molecule is CCN1CC(CCC(C)(C)C)C1.CCN1CC(COC(C)(C)C)C1.CCN1CCC(CC(O)COC(C)(C)C)C1.CCN1CCC(CCC(C)(C)C)C1.CCN1CCC(COC(C)(C)C)C1.CCN1CCCC1CC(O)COC(C)(C)C.CCN1CCCC1COC(C)(C)C. The van der Waals surface area contributed by atoms with E-state index in [9.17, 15) is 10.2 Å². The van der Waals surface area contributed by atoms with Gasteiger partial charge in [-0.05, 0) is 300 Å². The molecule has 0 aliphatic carbocycles. The summed E-state index contributed by atoms with van der Waals surface area (Å²) >= 11 is 0. The van der Waals surface area contributed by atoms with Crippen LogP contribution in [0.5, 0.6) is 0 Å². The first-order chi connectivity index (χ1) is 43.9. The van der Waals surface area contributed by atoms with Crippen LogP contribution in [0.3, 0.4) is 0 Å². The Hall–Kier alpha value is -0.560. The molecule has 0 spiro atoms. The second-order valence-electron chi connectivity index (χ2n) is 37.0. The van der Waals surface area contributed by atoms with Gasteiger partial charge in [0.15, 0.2) is 0 Å². The zero-order valence-corrected chi connectivity index (χ0v) is 68.9. The Labute approximate surface area is 592 Å². The fourth-order valence-corrected chi connectivity index (χ4v) is 13.3. The van der Waals surface area contributed by atoms with Crippen LogP contribution >= 0.6 is 0 Å². The number of hydrogen-bond acceptors (Lipinski definition) is 14. The van der Waals surface area contributed by atoms with E-state index in [4.69, 9.17) is 23.7 Å². The fourth-order valence-electron chi connectivity index (χ4n) is 13.3. The highest BCUT2D eigenvalue weighted by Crippen LogP contribution is 2.30. The molecule has 7 rings (SSSR count). The molecule has 0 aromatic carbocycles. The lowest BCUT2D eigenvalue weighted by Gasteiger charge is -2.39. The van der Waals surface area contributed by atoms with Gasteiger partial charge < -0.3 is 63.3 Å². The monoisotopic (exact) mass is 1350 g/mol. The van der Waals surface area contributed by atoms with Gasteiger partial charge in [-0.25, -0.2) is 0 Å². The number of hydrogen-bond donors (Lipinski definition) is 2. The normalized spacial score (nSPS) is 24.1. The van der Waals surface area contributed by atoms with Crippen molar-refractivity contribution in [2.75, 3.05) is 157 Å². The van der Waals surface area contributed by atoms with Crippen molar-refractivity contribution in [2.45, 2.75) is 330 Å². The highest BCUT2D eigenvalue weighted by molar-refractivity contribution is 4.85. The van der Waals surface area contributed by atoms with Gasteiger partial charge >= 0.3 is 0 Å². The molecule has 2 N–H and O–H groups in total. The molecule has 14 heteroatoms. The first-order valence-corrected chi connectivity index (χ1v) is 39.6. The number of aliphatic hydroxyl groups excluding tert-OH is 2. The van der Waals surface area contributed by atoms with Crippen molar-refractivity contribution >= 4 is 0 Å². The largest absolute Gasteiger partial charge is 0.391 e. The standard InChI is InChI=1S/2C13H27NO2.C12H25N.2C11H23NO.C11H23N.C10H21NO/c1-5-14-7-6-11(9-14)8-12(15)10-16-13(2,3)4;1-5-14-8-6-7-11(14)9-12(15)10-16-13(2,3)4;1-5-13-9-7-11(10-13)6-8-12(2,3)4;1-5-12-7-6-10(8-12)9-13-11(2,3)4;1-5-12-8-6-7-10(12)9-13-11(2,3)4;1-5-12-8-10(9-12)6-7-11(2,3)4;1-5-11-6-9(7-11)8-12-10(2,3)4/h2*11-12,15H,5-10H2,1-4H3;11H,5-10H2,1-4H3;2*10H,5-9H2,1-4H3;10H,5-9H2,1-4H3;9H,5-8H2,1-4H3. The second-order valence-corrected chi connectivity index (χ2v) is 37.0. The summed E-state index contributed by atoms with van der Waals surface area (Å²) in [6, 6.07) is 1.23. The lowest BCUT2D eigenvalue weighted by Crippen LogP contribution is -2.49. The van der Waals surface area contributed by atoms with Gasteiger partial charge in [-0.3, -0.25) is 4.90 Å². The van der Waals surface area contributed by atoms with Crippen LogP contribution in [0.1, 0.15) is 277 Å². The van der Waals surface area contributed by atoms with Crippen molar-refractivity contribution in [1.82, 2.24) is 34.3 Å². The molecule has 14 nitrogen and oxygen atoms in total. The van der Waals surface area contributed by atoms with Crippen molar-refractivity contribution in [3.63, 3.8) is 0 Å². The Bertz CT molecular complexity index is 1780. The van der Waals surface area contributed by atoms with Crippen molar-refractivity contribution in [3.8, 4) is 0 Å². The first kappa shape index (κ1) is 92.5. The average Bonchev–Trinajstić information content (AvgIpc) is 1.90. The van der Waals surface area contributed by atoms with Gasteiger partial charge in [-0.15, -0.1) is 0 Å². The van der Waals surface area contributed by atoms with Gasteiger partial charge in [0.05, 0.1) is 73.2 Å². The van der Waals surface area contributed by atoms with Gasteiger partial charge in [-0.1, -0.05) is 90.0 Å². The van der Waals surface area contributed by atoms with Crippen molar-refractivity contribution in [2.24, 2.45) is 40.4 Å². The molecular formula is C81H169N7O7. The molecule has 95 heavy (non-hydrogen) atoms. The highest BCUT2D eigenvalue weighted by Gasteiger charge is 2.31. The van der Waals surface area contributed by atoms with E-state index >= 15 is 0 Å². The minimum Gasteiger partial charge on any atom is -0.391 e. The molecule has 0 aromatic rings. The number of nitrogens with zero attached hydrogens (tertiary/aromatic N) is 7. The topological polar surface area (TPSA) is 109 Å². The summed E-state index contributed by atoms with van der Waals surface area (Å²) in [4.78, 5) is 17.5. The maximum atomic E-state index is 9.93. The third-order valence-electron chi connectivity index (χ3n) is 19.6. The van der Waals surface area contributed by atoms with Crippen molar-refractivity contribution in [1.29, 1.82) is 0 Å². The molecule has 570 valence electrons. The molecule has 0 saturated carbocycles. The molecule has 0 aromatic heterocycles. The first-order valence-electron chi connectivity index (χ1n) is 39.6. The number of aliphatic hydroxyl groups is 2. The van der Waals surface area contributed by atoms with Crippen LogP contribution in [-0.4, -0.2) is 254 Å². The smallest absolute Gasteiger partial charge is 0.0788 e. The van der Waals surface area contributed by atoms with E-state index in [-0.39, 0.29) is 40.2 Å². The average molecular weight is 1350 g/mol. The minimum atomic E-state index is -0.323. The third kappa shape index (κ3) is 48.9. The number of rotatable bonds is 25. The van der Waals surface area contributed by atoms with Crippen LogP contribution in [0.2, 0.25) is 0 Å². The Kier molecular flexibility index (Phi) is 45.0. The van der Waals surface area contributed by atoms with Gasteiger partial charge in [0.1, 0.15) is 0 Å². The van der Waals surface area contributed by atoms with Gasteiger partial charge in [-0.2, -0.15) is 0 Å². The van der Waals surface area contributed by atoms with E-state index in [0.717, 1.165) is 82.5 Å². The number of ether oxygens (including phenoxy) is 5. The molecule has 7 aliphatic rings. The number of likely N-dealkylation sites (tertiary alicyclic amines) is 7. The Morgan fingerprint density at radius 3 is 1.02 bits per heavy atom. The molecule has 0 bridgehead atoms. The maximum absolute atomic E-state index is 9.93. The summed E-state index contributed by atoms with van der Waals surface area (Å²) in [6.07, 6.45) is 15.8. The van der Waals surface area contributed by atoms with Gasteiger partial charge in [0.25, 0.3) is 0 Å². The summed E-state index contributed by atoms with van der Waals surface area (Å²) in [5, 5.41) is 19.8. The molecule has 0 amide bonds. The predicted molar refractivity (Wildman–Crippen MR) is 410 cm³/mol. The molecule has 7 aliphatic heterocycles. The molecule has 7 atom stereocenters. The summed E-state index contributed by atoms with van der Waals surface area (Å²) < 4.78 is 28.5. The van der Waals surface area contributed by atoms with Gasteiger partial charge in [0.2, 0.25) is 0 Å². The van der Waals surface area contributed by atoms with E-state index in [1.807, 2.05) is 41.5 Å². The van der Waals surface area contributed by atoms with Crippen LogP contribution < -0.4 is 0 Å². The highest BCUT2D eigenvalue weighted by atomic mass is 16.5. The van der Waals surface area contributed by atoms with Crippen LogP contribution in [0.4, 0.5) is 0 Å². The molecular weight excluding hydrogens is 1180 g/mol. The van der Waals surface area contributed by atoms with E-state index in [1.165, 1.54) is 169 Å². The second kappa shape index (κ2) is 46.2. The van der Waals surface area contributed by atoms with Crippen LogP contribution in [-0.2, 0) is 23.7 Å². The lowest BCUT2D eigenvalue weighted by atomic mass is 9.84. The molecule has 0 radical (unpaired) electrons. The Balaban J connectivity index is 0.000000556. The molecule has 7 unspecified atom stereocenters. The molecule has 7 saturated heterocycles. The Morgan fingerprint density at radius 2 is 0.632 bits per heavy atom.